The number of anilines is 1. The van der Waals surface area contributed by atoms with Crippen molar-refractivity contribution >= 4 is 34.8 Å². The number of nitrogens with one attached hydrogen (secondary N) is 2. The number of rotatable bonds is 2. The Kier molecular flexibility index (Phi) is 3.69. The third kappa shape index (κ3) is 2.72. The van der Waals surface area contributed by atoms with E-state index in [-0.39, 0.29) is 11.0 Å². The molecule has 0 saturated heterocycles. The van der Waals surface area contributed by atoms with E-state index in [4.69, 9.17) is 23.2 Å². The standard InChI is InChI=1S/C12H8Cl2N2O2/c13-7-1-2-10(9(14)5-7)16-12(18)8-6-15-4-3-11(8)17/h1-6H,(H,15,17)(H,16,18). The van der Waals surface area contributed by atoms with E-state index in [0.717, 1.165) is 0 Å². The van der Waals surface area contributed by atoms with Crippen LogP contribution in [0.1, 0.15) is 10.4 Å². The molecule has 2 aromatic rings. The lowest BCUT2D eigenvalue weighted by atomic mass is 10.2. The Bertz CT molecular complexity index is 653. The number of carbonyl (C=O) groups is 1. The van der Waals surface area contributed by atoms with Crippen LogP contribution in [0.25, 0.3) is 0 Å². The monoisotopic (exact) mass is 282 g/mol. The third-order valence-electron chi connectivity index (χ3n) is 2.25. The summed E-state index contributed by atoms with van der Waals surface area (Å²) in [5.74, 6) is -0.527. The zero-order valence-electron chi connectivity index (χ0n) is 9.04. The lowest BCUT2D eigenvalue weighted by molar-refractivity contribution is 0.102. The lowest BCUT2D eigenvalue weighted by Crippen LogP contribution is -2.20. The summed E-state index contributed by atoms with van der Waals surface area (Å²) in [6.07, 6.45) is 2.79. The molecule has 0 aliphatic heterocycles. The fraction of sp³-hybridized carbons (Fsp3) is 0. The van der Waals surface area contributed by atoms with Gasteiger partial charge in [0.15, 0.2) is 5.43 Å². The van der Waals surface area contributed by atoms with Crippen molar-refractivity contribution in [1.82, 2.24) is 4.98 Å². The summed E-state index contributed by atoms with van der Waals surface area (Å²) in [6.45, 7) is 0. The van der Waals surface area contributed by atoms with Crippen LogP contribution in [0.3, 0.4) is 0 Å². The van der Waals surface area contributed by atoms with Crippen molar-refractivity contribution in [1.29, 1.82) is 0 Å². The van der Waals surface area contributed by atoms with E-state index in [0.29, 0.717) is 15.7 Å². The van der Waals surface area contributed by atoms with Crippen LogP contribution >= 0.6 is 23.2 Å². The predicted octanol–water partition coefficient (Wildman–Crippen LogP) is 2.93. The summed E-state index contributed by atoms with van der Waals surface area (Å²) in [5.41, 5.74) is 0.0502. The van der Waals surface area contributed by atoms with Gasteiger partial charge in [0, 0.05) is 23.5 Å². The lowest BCUT2D eigenvalue weighted by Gasteiger charge is -2.06. The van der Waals surface area contributed by atoms with Crippen molar-refractivity contribution in [2.75, 3.05) is 5.32 Å². The molecule has 0 fully saturated rings. The van der Waals surface area contributed by atoms with Gasteiger partial charge in [-0.2, -0.15) is 0 Å². The Labute approximate surface area is 113 Å². The number of halogens is 2. The van der Waals surface area contributed by atoms with E-state index in [2.05, 4.69) is 10.3 Å². The van der Waals surface area contributed by atoms with E-state index in [1.165, 1.54) is 24.5 Å². The first kappa shape index (κ1) is 12.7. The molecule has 1 heterocycles. The van der Waals surface area contributed by atoms with Crippen molar-refractivity contribution in [2.45, 2.75) is 0 Å². The predicted molar refractivity (Wildman–Crippen MR) is 71.5 cm³/mol. The highest BCUT2D eigenvalue weighted by atomic mass is 35.5. The normalized spacial score (nSPS) is 10.1. The molecule has 0 spiro atoms. The number of aromatic nitrogens is 1. The molecule has 18 heavy (non-hydrogen) atoms. The number of H-pyrrole nitrogens is 1. The Morgan fingerprint density at radius 1 is 1.22 bits per heavy atom. The van der Waals surface area contributed by atoms with Crippen molar-refractivity contribution in [2.24, 2.45) is 0 Å². The Hall–Kier alpha value is -1.78. The molecule has 0 saturated carbocycles. The molecule has 92 valence electrons. The average Bonchev–Trinajstić information content (AvgIpc) is 2.33. The summed E-state index contributed by atoms with van der Waals surface area (Å²) in [5, 5.41) is 3.32. The van der Waals surface area contributed by atoms with Crippen LogP contribution in [0.15, 0.2) is 41.5 Å². The topological polar surface area (TPSA) is 62.0 Å². The highest BCUT2D eigenvalue weighted by molar-refractivity contribution is 6.36. The second kappa shape index (κ2) is 5.25. The SMILES string of the molecule is O=C(Nc1ccc(Cl)cc1Cl)c1c[nH]ccc1=O. The van der Waals surface area contributed by atoms with E-state index in [1.807, 2.05) is 0 Å². The third-order valence-corrected chi connectivity index (χ3v) is 2.80. The highest BCUT2D eigenvalue weighted by Crippen LogP contribution is 2.25. The largest absolute Gasteiger partial charge is 0.367 e. The summed E-state index contributed by atoms with van der Waals surface area (Å²) >= 11 is 11.7. The quantitative estimate of drug-likeness (QED) is 0.890. The minimum absolute atomic E-state index is 0.0171. The van der Waals surface area contributed by atoms with E-state index in [1.54, 1.807) is 12.1 Å². The minimum atomic E-state index is -0.527. The van der Waals surface area contributed by atoms with Crippen molar-refractivity contribution < 1.29 is 4.79 Å². The molecule has 1 amide bonds. The van der Waals surface area contributed by atoms with Crippen LogP contribution in [-0.4, -0.2) is 10.9 Å². The number of benzene rings is 1. The van der Waals surface area contributed by atoms with Crippen LogP contribution in [0.2, 0.25) is 10.0 Å². The first-order valence-electron chi connectivity index (χ1n) is 5.01. The fourth-order valence-corrected chi connectivity index (χ4v) is 1.83. The molecule has 0 bridgehead atoms. The number of hydrogen-bond donors (Lipinski definition) is 2. The van der Waals surface area contributed by atoms with Crippen LogP contribution in [0.4, 0.5) is 5.69 Å². The van der Waals surface area contributed by atoms with Gasteiger partial charge in [-0.25, -0.2) is 0 Å². The molecular weight excluding hydrogens is 275 g/mol. The van der Waals surface area contributed by atoms with Gasteiger partial charge in [0.25, 0.3) is 5.91 Å². The summed E-state index contributed by atoms with van der Waals surface area (Å²) in [4.78, 5) is 26.0. The van der Waals surface area contributed by atoms with Gasteiger partial charge >= 0.3 is 0 Å². The molecule has 0 aliphatic carbocycles. The van der Waals surface area contributed by atoms with Gasteiger partial charge in [-0.1, -0.05) is 23.2 Å². The molecule has 4 nitrogen and oxygen atoms in total. The molecule has 1 aromatic heterocycles. The molecule has 1 aromatic carbocycles. The van der Waals surface area contributed by atoms with E-state index >= 15 is 0 Å². The maximum absolute atomic E-state index is 11.8. The van der Waals surface area contributed by atoms with E-state index < -0.39 is 5.91 Å². The summed E-state index contributed by atoms with van der Waals surface area (Å²) in [7, 11) is 0. The van der Waals surface area contributed by atoms with Gasteiger partial charge in [-0.3, -0.25) is 9.59 Å². The van der Waals surface area contributed by atoms with Gasteiger partial charge in [-0.15, -0.1) is 0 Å². The number of hydrogen-bond acceptors (Lipinski definition) is 2. The molecule has 0 unspecified atom stereocenters. The Balaban J connectivity index is 2.27. The second-order valence-electron chi connectivity index (χ2n) is 3.50. The smallest absolute Gasteiger partial charge is 0.261 e. The van der Waals surface area contributed by atoms with Gasteiger partial charge < -0.3 is 10.3 Å². The molecule has 6 heteroatoms. The fourth-order valence-electron chi connectivity index (χ4n) is 1.37. The van der Waals surface area contributed by atoms with E-state index in [9.17, 15) is 9.59 Å². The highest BCUT2D eigenvalue weighted by Gasteiger charge is 2.11. The molecule has 2 N–H and O–H groups in total. The van der Waals surface area contributed by atoms with Gasteiger partial charge in [0.05, 0.1) is 10.7 Å². The minimum Gasteiger partial charge on any atom is -0.367 e. The van der Waals surface area contributed by atoms with Gasteiger partial charge in [0.2, 0.25) is 0 Å². The number of aromatic amines is 1. The van der Waals surface area contributed by atoms with Gasteiger partial charge in [-0.05, 0) is 18.2 Å². The maximum Gasteiger partial charge on any atom is 0.261 e. The zero-order chi connectivity index (χ0) is 13.1. The molecule has 0 radical (unpaired) electrons. The van der Waals surface area contributed by atoms with Crippen LogP contribution in [-0.2, 0) is 0 Å². The Morgan fingerprint density at radius 2 is 2.00 bits per heavy atom. The second-order valence-corrected chi connectivity index (χ2v) is 4.34. The zero-order valence-corrected chi connectivity index (χ0v) is 10.5. The summed E-state index contributed by atoms with van der Waals surface area (Å²) < 4.78 is 0. The first-order chi connectivity index (χ1) is 8.58. The number of pyridine rings is 1. The maximum atomic E-state index is 11.8. The molecular formula is C12H8Cl2N2O2. The number of amides is 1. The first-order valence-corrected chi connectivity index (χ1v) is 5.77. The van der Waals surface area contributed by atoms with Gasteiger partial charge in [0.1, 0.15) is 5.56 Å². The van der Waals surface area contributed by atoms with Crippen LogP contribution in [0, 0.1) is 0 Å². The molecule has 2 rings (SSSR count). The number of carbonyl (C=O) groups excluding carboxylic acids is 1. The van der Waals surface area contributed by atoms with Crippen molar-refractivity contribution in [3.05, 3.63) is 62.5 Å². The van der Waals surface area contributed by atoms with Crippen molar-refractivity contribution in [3.8, 4) is 0 Å². The van der Waals surface area contributed by atoms with Crippen LogP contribution < -0.4 is 10.7 Å². The molecule has 0 aliphatic rings. The Morgan fingerprint density at radius 3 is 2.67 bits per heavy atom. The van der Waals surface area contributed by atoms with Crippen molar-refractivity contribution in [3.63, 3.8) is 0 Å². The van der Waals surface area contributed by atoms with Crippen LogP contribution in [0.5, 0.6) is 0 Å². The molecule has 0 atom stereocenters. The average molecular weight is 283 g/mol. The summed E-state index contributed by atoms with van der Waals surface area (Å²) in [6, 6.07) is 5.95.